The van der Waals surface area contributed by atoms with Crippen molar-refractivity contribution in [3.63, 3.8) is 0 Å². The second-order valence-corrected chi connectivity index (χ2v) is 5.52. The molecule has 2 saturated heterocycles. The molecule has 0 aliphatic carbocycles. The first-order valence-corrected chi connectivity index (χ1v) is 6.74. The summed E-state index contributed by atoms with van der Waals surface area (Å²) in [6.45, 7) is 9.92. The minimum absolute atomic E-state index is 0.675. The van der Waals surface area contributed by atoms with Crippen LogP contribution in [0.25, 0.3) is 0 Å². The fourth-order valence-corrected chi connectivity index (χ4v) is 3.12. The highest BCUT2D eigenvalue weighted by Gasteiger charge is 2.40. The summed E-state index contributed by atoms with van der Waals surface area (Å²) in [7, 11) is 0. The molecule has 2 aliphatic heterocycles. The van der Waals surface area contributed by atoms with Crippen LogP contribution in [0.15, 0.2) is 0 Å². The standard InChI is InChI=1S/C13H26N2/c1-3-13(4-2)10-15(11-13)9-12-7-5-6-8-14-12/h12,14H,3-11H2,1-2H3. The summed E-state index contributed by atoms with van der Waals surface area (Å²) in [5.74, 6) is 0. The molecule has 15 heavy (non-hydrogen) atoms. The molecular weight excluding hydrogens is 184 g/mol. The van der Waals surface area contributed by atoms with E-state index in [4.69, 9.17) is 0 Å². The zero-order chi connectivity index (χ0) is 10.7. The summed E-state index contributed by atoms with van der Waals surface area (Å²) < 4.78 is 0. The molecule has 0 saturated carbocycles. The molecule has 2 fully saturated rings. The third-order valence-corrected chi connectivity index (χ3v) is 4.51. The van der Waals surface area contributed by atoms with Gasteiger partial charge in [-0.05, 0) is 37.6 Å². The molecule has 2 heteroatoms. The first kappa shape index (κ1) is 11.4. The van der Waals surface area contributed by atoms with Crippen LogP contribution in [0.4, 0.5) is 0 Å². The first-order chi connectivity index (χ1) is 7.28. The van der Waals surface area contributed by atoms with Crippen LogP contribution in [-0.4, -0.2) is 37.1 Å². The van der Waals surface area contributed by atoms with Gasteiger partial charge in [0.05, 0.1) is 0 Å². The largest absolute Gasteiger partial charge is 0.313 e. The highest BCUT2D eigenvalue weighted by molar-refractivity contribution is 4.94. The number of likely N-dealkylation sites (tertiary alicyclic amines) is 1. The minimum atomic E-state index is 0.675. The van der Waals surface area contributed by atoms with E-state index in [1.165, 1.54) is 58.3 Å². The van der Waals surface area contributed by atoms with Crippen molar-refractivity contribution in [3.8, 4) is 0 Å². The van der Waals surface area contributed by atoms with Gasteiger partial charge >= 0.3 is 0 Å². The van der Waals surface area contributed by atoms with Crippen LogP contribution >= 0.6 is 0 Å². The molecule has 1 atom stereocenters. The van der Waals surface area contributed by atoms with Crippen molar-refractivity contribution in [2.24, 2.45) is 5.41 Å². The third kappa shape index (κ3) is 2.54. The maximum atomic E-state index is 3.64. The van der Waals surface area contributed by atoms with Gasteiger partial charge < -0.3 is 10.2 Å². The van der Waals surface area contributed by atoms with Crippen molar-refractivity contribution in [1.29, 1.82) is 0 Å². The Labute approximate surface area is 94.4 Å². The van der Waals surface area contributed by atoms with Gasteiger partial charge in [-0.25, -0.2) is 0 Å². The van der Waals surface area contributed by atoms with Gasteiger partial charge in [-0.1, -0.05) is 20.3 Å². The van der Waals surface area contributed by atoms with Crippen LogP contribution in [0.2, 0.25) is 0 Å². The van der Waals surface area contributed by atoms with Crippen molar-refractivity contribution in [2.45, 2.75) is 52.0 Å². The van der Waals surface area contributed by atoms with E-state index in [9.17, 15) is 0 Å². The predicted molar refractivity (Wildman–Crippen MR) is 65.1 cm³/mol. The summed E-state index contributed by atoms with van der Waals surface area (Å²) >= 11 is 0. The van der Waals surface area contributed by atoms with Crippen molar-refractivity contribution in [3.05, 3.63) is 0 Å². The zero-order valence-electron chi connectivity index (χ0n) is 10.4. The Balaban J connectivity index is 1.70. The number of rotatable bonds is 4. The van der Waals surface area contributed by atoms with Crippen molar-refractivity contribution in [1.82, 2.24) is 10.2 Å². The summed E-state index contributed by atoms with van der Waals surface area (Å²) in [5.41, 5.74) is 0.675. The molecular formula is C13H26N2. The number of nitrogens with one attached hydrogen (secondary N) is 1. The molecule has 2 heterocycles. The lowest BCUT2D eigenvalue weighted by Gasteiger charge is -2.51. The van der Waals surface area contributed by atoms with E-state index in [1.54, 1.807) is 0 Å². The van der Waals surface area contributed by atoms with E-state index in [0.717, 1.165) is 6.04 Å². The van der Waals surface area contributed by atoms with Crippen LogP contribution < -0.4 is 5.32 Å². The lowest BCUT2D eigenvalue weighted by atomic mass is 9.75. The Bertz CT molecular complexity index is 185. The van der Waals surface area contributed by atoms with Gasteiger partial charge in [-0.15, -0.1) is 0 Å². The van der Waals surface area contributed by atoms with E-state index >= 15 is 0 Å². The van der Waals surface area contributed by atoms with Gasteiger partial charge in [-0.2, -0.15) is 0 Å². The molecule has 0 amide bonds. The van der Waals surface area contributed by atoms with Crippen LogP contribution in [-0.2, 0) is 0 Å². The van der Waals surface area contributed by atoms with Gasteiger partial charge in [0.1, 0.15) is 0 Å². The number of hydrogen-bond donors (Lipinski definition) is 1. The predicted octanol–water partition coefficient (Wildman–Crippen LogP) is 2.25. The monoisotopic (exact) mass is 210 g/mol. The molecule has 2 rings (SSSR count). The molecule has 0 spiro atoms. The Morgan fingerprint density at radius 1 is 1.20 bits per heavy atom. The molecule has 0 aromatic carbocycles. The molecule has 2 aliphatic rings. The Hall–Kier alpha value is -0.0800. The van der Waals surface area contributed by atoms with Crippen molar-refractivity contribution < 1.29 is 0 Å². The van der Waals surface area contributed by atoms with Gasteiger partial charge in [0, 0.05) is 25.7 Å². The molecule has 88 valence electrons. The lowest BCUT2D eigenvalue weighted by Crippen LogP contribution is -2.59. The van der Waals surface area contributed by atoms with E-state index in [2.05, 4.69) is 24.1 Å². The summed E-state index contributed by atoms with van der Waals surface area (Å²) in [6.07, 6.45) is 6.92. The van der Waals surface area contributed by atoms with E-state index < -0.39 is 0 Å². The summed E-state index contributed by atoms with van der Waals surface area (Å²) in [5, 5.41) is 3.64. The smallest absolute Gasteiger partial charge is 0.0195 e. The third-order valence-electron chi connectivity index (χ3n) is 4.51. The van der Waals surface area contributed by atoms with Crippen LogP contribution in [0, 0.1) is 5.41 Å². The Kier molecular flexibility index (Phi) is 3.68. The highest BCUT2D eigenvalue weighted by atomic mass is 15.2. The maximum Gasteiger partial charge on any atom is 0.0195 e. The normalized spacial score (nSPS) is 31.2. The molecule has 0 aromatic heterocycles. The second kappa shape index (κ2) is 4.84. The summed E-state index contributed by atoms with van der Waals surface area (Å²) in [4.78, 5) is 2.65. The fraction of sp³-hybridized carbons (Fsp3) is 1.00. The van der Waals surface area contributed by atoms with Crippen molar-refractivity contribution in [2.75, 3.05) is 26.2 Å². The Morgan fingerprint density at radius 2 is 1.93 bits per heavy atom. The highest BCUT2D eigenvalue weighted by Crippen LogP contribution is 2.37. The quantitative estimate of drug-likeness (QED) is 0.765. The molecule has 0 aromatic rings. The topological polar surface area (TPSA) is 15.3 Å². The molecule has 0 radical (unpaired) electrons. The fourth-order valence-electron chi connectivity index (χ4n) is 3.12. The van der Waals surface area contributed by atoms with Gasteiger partial charge in [0.2, 0.25) is 0 Å². The minimum Gasteiger partial charge on any atom is -0.313 e. The van der Waals surface area contributed by atoms with E-state index in [1.807, 2.05) is 0 Å². The Morgan fingerprint density at radius 3 is 2.47 bits per heavy atom. The SMILES string of the molecule is CCC1(CC)CN(CC2CCCCN2)C1. The number of nitrogens with zero attached hydrogens (tertiary/aromatic N) is 1. The van der Waals surface area contributed by atoms with Crippen molar-refractivity contribution >= 4 is 0 Å². The van der Waals surface area contributed by atoms with Gasteiger partial charge in [0.15, 0.2) is 0 Å². The van der Waals surface area contributed by atoms with E-state index in [-0.39, 0.29) is 0 Å². The average Bonchev–Trinajstić information content (AvgIpc) is 2.24. The average molecular weight is 210 g/mol. The van der Waals surface area contributed by atoms with Gasteiger partial charge in [0.25, 0.3) is 0 Å². The molecule has 1 N–H and O–H groups in total. The van der Waals surface area contributed by atoms with Crippen LogP contribution in [0.5, 0.6) is 0 Å². The lowest BCUT2D eigenvalue weighted by molar-refractivity contribution is -0.0134. The number of hydrogen-bond acceptors (Lipinski definition) is 2. The molecule has 0 bridgehead atoms. The second-order valence-electron chi connectivity index (χ2n) is 5.52. The molecule has 1 unspecified atom stereocenters. The first-order valence-electron chi connectivity index (χ1n) is 6.74. The van der Waals surface area contributed by atoms with Crippen LogP contribution in [0.3, 0.4) is 0 Å². The van der Waals surface area contributed by atoms with E-state index in [0.29, 0.717) is 5.41 Å². The summed E-state index contributed by atoms with van der Waals surface area (Å²) in [6, 6.07) is 0.783. The maximum absolute atomic E-state index is 3.64. The van der Waals surface area contributed by atoms with Crippen LogP contribution in [0.1, 0.15) is 46.0 Å². The zero-order valence-corrected chi connectivity index (χ0v) is 10.4. The number of piperidine rings is 1. The molecule has 2 nitrogen and oxygen atoms in total. The van der Waals surface area contributed by atoms with Gasteiger partial charge in [-0.3, -0.25) is 0 Å².